The van der Waals surface area contributed by atoms with Gasteiger partial charge in [0.05, 0.1) is 23.1 Å². The Labute approximate surface area is 188 Å². The molecule has 0 aliphatic rings. The first kappa shape index (κ1) is 20.2. The minimum atomic E-state index is -0.358. The average Bonchev–Trinajstić information content (AvgIpc) is 3.42. The highest BCUT2D eigenvalue weighted by Crippen LogP contribution is 2.36. The number of nitrogens with zero attached hydrogens (tertiary/aromatic N) is 2. The van der Waals surface area contributed by atoms with E-state index in [-0.39, 0.29) is 18.3 Å². The van der Waals surface area contributed by atoms with Crippen molar-refractivity contribution in [3.8, 4) is 16.3 Å². The molecule has 0 saturated carbocycles. The highest BCUT2D eigenvalue weighted by Gasteiger charge is 2.20. The summed E-state index contributed by atoms with van der Waals surface area (Å²) in [5.74, 6) is 0.206. The predicted molar refractivity (Wildman–Crippen MR) is 126 cm³/mol. The maximum Gasteiger partial charge on any atom is 0.371 e. The van der Waals surface area contributed by atoms with Crippen LogP contribution in [0.2, 0.25) is 0 Å². The number of aromatic nitrogens is 2. The van der Waals surface area contributed by atoms with Crippen LogP contribution in [0.15, 0.2) is 66.7 Å². The van der Waals surface area contributed by atoms with Crippen molar-refractivity contribution in [3.05, 3.63) is 83.7 Å². The van der Waals surface area contributed by atoms with Crippen LogP contribution in [0.1, 0.15) is 11.1 Å². The fourth-order valence-corrected chi connectivity index (χ4v) is 4.92. The Kier molecular flexibility index (Phi) is 5.11. The zero-order chi connectivity index (χ0) is 22.2. The molecule has 5 aromatic rings. The van der Waals surface area contributed by atoms with Crippen LogP contribution >= 0.6 is 11.3 Å². The van der Waals surface area contributed by atoms with E-state index in [2.05, 4.69) is 28.4 Å². The number of hydrogen-bond donors (Lipinski definition) is 2. The second-order valence-corrected chi connectivity index (χ2v) is 8.67. The second kappa shape index (κ2) is 8.09. The van der Waals surface area contributed by atoms with Crippen LogP contribution in [-0.2, 0) is 6.54 Å². The number of aromatic amines is 1. The summed E-state index contributed by atoms with van der Waals surface area (Å²) < 4.78 is 23.0. The van der Waals surface area contributed by atoms with E-state index >= 15 is 0 Å². The number of thiophene rings is 1. The third-order valence-corrected chi connectivity index (χ3v) is 6.63. The molecule has 0 radical (unpaired) electrons. The minimum absolute atomic E-state index is 0.0128. The van der Waals surface area contributed by atoms with E-state index in [1.54, 1.807) is 48.3 Å². The van der Waals surface area contributed by atoms with Crippen molar-refractivity contribution in [1.29, 1.82) is 0 Å². The van der Waals surface area contributed by atoms with E-state index in [1.165, 1.54) is 10.8 Å². The van der Waals surface area contributed by atoms with Crippen LogP contribution in [0.25, 0.3) is 31.6 Å². The van der Waals surface area contributed by atoms with Crippen LogP contribution in [0, 0.1) is 5.82 Å². The minimum Gasteiger partial charge on any atom is -0.496 e. The first-order chi connectivity index (χ1) is 15.5. The van der Waals surface area contributed by atoms with Crippen molar-refractivity contribution < 1.29 is 18.8 Å². The van der Waals surface area contributed by atoms with Gasteiger partial charge in [0, 0.05) is 16.2 Å². The molecule has 3 aromatic carbocycles. The number of rotatable bonds is 5. The van der Waals surface area contributed by atoms with Gasteiger partial charge in [-0.1, -0.05) is 30.3 Å². The molecule has 5 rings (SSSR count). The number of aliphatic hydroxyl groups is 1. The molecule has 0 bridgehead atoms. The van der Waals surface area contributed by atoms with Crippen molar-refractivity contribution in [2.45, 2.75) is 6.54 Å². The van der Waals surface area contributed by atoms with E-state index in [1.807, 2.05) is 24.3 Å². The van der Waals surface area contributed by atoms with Gasteiger partial charge in [0.15, 0.2) is 6.54 Å². The molecule has 7 heteroatoms. The zero-order valence-electron chi connectivity index (χ0n) is 17.6. The maximum atomic E-state index is 14.9. The van der Waals surface area contributed by atoms with E-state index in [4.69, 9.17) is 4.74 Å². The van der Waals surface area contributed by atoms with Crippen molar-refractivity contribution in [2.75, 3.05) is 14.2 Å². The smallest absolute Gasteiger partial charge is 0.371 e. The molecule has 5 nitrogen and oxygen atoms in total. The molecule has 0 aliphatic carbocycles. The number of aliphatic hydroxyl groups excluding tert-OH is 1. The number of para-hydroxylation sites is 1. The zero-order valence-corrected chi connectivity index (χ0v) is 18.4. The van der Waals surface area contributed by atoms with E-state index in [0.29, 0.717) is 22.4 Å². The SMILES string of the molecule is COc1ccccc1C(O)=[N+](C)Cc1cc2c(-c3cc4ccccc4s3)n[nH]c2cc1F. The molecule has 2 N–H and O–H groups in total. The summed E-state index contributed by atoms with van der Waals surface area (Å²) in [4.78, 5) is 1.02. The molecule has 0 fully saturated rings. The van der Waals surface area contributed by atoms with Crippen molar-refractivity contribution in [2.24, 2.45) is 0 Å². The Morgan fingerprint density at radius 1 is 1.12 bits per heavy atom. The van der Waals surface area contributed by atoms with Crippen LogP contribution in [0.5, 0.6) is 5.75 Å². The maximum absolute atomic E-state index is 14.9. The highest BCUT2D eigenvalue weighted by atomic mass is 32.1. The van der Waals surface area contributed by atoms with Gasteiger partial charge >= 0.3 is 5.90 Å². The number of H-pyrrole nitrogens is 1. The van der Waals surface area contributed by atoms with Gasteiger partial charge in [-0.3, -0.25) is 5.10 Å². The molecular formula is C25H21FN3O2S+. The Morgan fingerprint density at radius 2 is 1.91 bits per heavy atom. The first-order valence-electron chi connectivity index (χ1n) is 10.1. The molecule has 0 aliphatic heterocycles. The molecule has 0 saturated heterocycles. The van der Waals surface area contributed by atoms with Gasteiger partial charge in [0.1, 0.15) is 29.9 Å². The third-order valence-electron chi connectivity index (χ3n) is 5.51. The molecule has 0 spiro atoms. The summed E-state index contributed by atoms with van der Waals surface area (Å²) in [6.45, 7) is 0.183. The van der Waals surface area contributed by atoms with Crippen molar-refractivity contribution in [3.63, 3.8) is 0 Å². The Balaban J connectivity index is 1.56. The number of hydrogen-bond acceptors (Lipinski definition) is 3. The third kappa shape index (κ3) is 3.50. The van der Waals surface area contributed by atoms with Gasteiger partial charge in [-0.2, -0.15) is 9.67 Å². The normalized spacial score (nSPS) is 12.3. The Bertz CT molecular complexity index is 1450. The molecule has 160 valence electrons. The summed E-state index contributed by atoms with van der Waals surface area (Å²) in [6.07, 6.45) is 0. The largest absolute Gasteiger partial charge is 0.496 e. The van der Waals surface area contributed by atoms with Gasteiger partial charge in [0.2, 0.25) is 0 Å². The number of fused-ring (bicyclic) bond motifs is 2. The Hall–Kier alpha value is -3.71. The Morgan fingerprint density at radius 3 is 2.72 bits per heavy atom. The molecular weight excluding hydrogens is 425 g/mol. The standard InChI is InChI=1S/C25H20FN3O2S/c1-29(25(30)17-8-4-5-9-21(17)31-2)14-16-11-18-20(13-19(16)26)27-28-24(18)23-12-15-7-3-6-10-22(15)32-23/h3-13H,14H2,1-2H3,(H,27,28)/p+1. The molecule has 0 unspecified atom stereocenters. The number of methoxy groups -OCH3 is 1. The quantitative estimate of drug-likeness (QED) is 0.206. The summed E-state index contributed by atoms with van der Waals surface area (Å²) >= 11 is 1.66. The van der Waals surface area contributed by atoms with E-state index in [0.717, 1.165) is 21.3 Å². The topological polar surface area (TPSA) is 61.1 Å². The number of benzene rings is 3. The van der Waals surface area contributed by atoms with Crippen molar-refractivity contribution in [1.82, 2.24) is 10.2 Å². The number of ether oxygens (including phenoxy) is 1. The second-order valence-electron chi connectivity index (χ2n) is 7.59. The van der Waals surface area contributed by atoms with Crippen LogP contribution < -0.4 is 4.74 Å². The lowest BCUT2D eigenvalue weighted by molar-refractivity contribution is -0.521. The van der Waals surface area contributed by atoms with Gasteiger partial charge < -0.3 is 9.84 Å². The van der Waals surface area contributed by atoms with Gasteiger partial charge in [-0.25, -0.2) is 4.39 Å². The van der Waals surface area contributed by atoms with E-state index < -0.39 is 0 Å². The van der Waals surface area contributed by atoms with E-state index in [9.17, 15) is 9.50 Å². The molecule has 0 amide bonds. The summed E-state index contributed by atoms with van der Waals surface area (Å²) in [6, 6.07) is 20.7. The van der Waals surface area contributed by atoms with Crippen LogP contribution in [0.4, 0.5) is 4.39 Å². The summed E-state index contributed by atoms with van der Waals surface area (Å²) in [7, 11) is 3.27. The average molecular weight is 447 g/mol. The van der Waals surface area contributed by atoms with Crippen LogP contribution in [-0.4, -0.2) is 39.9 Å². The first-order valence-corrected chi connectivity index (χ1v) is 10.9. The fourth-order valence-electron chi connectivity index (χ4n) is 3.86. The monoisotopic (exact) mass is 446 g/mol. The number of halogens is 1. The highest BCUT2D eigenvalue weighted by molar-refractivity contribution is 7.22. The van der Waals surface area contributed by atoms with Gasteiger partial charge in [0.25, 0.3) is 0 Å². The van der Waals surface area contributed by atoms with Crippen molar-refractivity contribution >= 4 is 38.2 Å². The van der Waals surface area contributed by atoms with Gasteiger partial charge in [-0.05, 0) is 35.7 Å². The molecule has 2 aromatic heterocycles. The number of nitrogens with one attached hydrogen (secondary N) is 1. The lowest BCUT2D eigenvalue weighted by Crippen LogP contribution is -2.19. The fraction of sp³-hybridized carbons (Fsp3) is 0.120. The van der Waals surface area contributed by atoms with Crippen LogP contribution in [0.3, 0.4) is 0 Å². The lowest BCUT2D eigenvalue weighted by atomic mass is 10.1. The molecule has 32 heavy (non-hydrogen) atoms. The molecule has 0 atom stereocenters. The van der Waals surface area contributed by atoms with Gasteiger partial charge in [-0.15, -0.1) is 11.3 Å². The lowest BCUT2D eigenvalue weighted by Gasteiger charge is -2.07. The summed E-state index contributed by atoms with van der Waals surface area (Å²) in [5, 5.41) is 20.2. The molecule has 2 heterocycles. The summed E-state index contributed by atoms with van der Waals surface area (Å²) in [5.41, 5.74) is 2.45. The predicted octanol–water partition coefficient (Wildman–Crippen LogP) is 5.74.